The Labute approximate surface area is 172 Å². The van der Waals surface area contributed by atoms with Crippen LogP contribution in [0.15, 0.2) is 65.7 Å². The molecule has 2 aromatic heterocycles. The Morgan fingerprint density at radius 3 is 2.62 bits per heavy atom. The summed E-state index contributed by atoms with van der Waals surface area (Å²) in [5.41, 5.74) is 3.62. The van der Waals surface area contributed by atoms with E-state index in [0.717, 1.165) is 27.3 Å². The molecular weight excluding hydrogens is 382 g/mol. The molecule has 0 saturated carbocycles. The van der Waals surface area contributed by atoms with Crippen molar-refractivity contribution >= 4 is 33.1 Å². The monoisotopic (exact) mass is 403 g/mol. The first kappa shape index (κ1) is 19.1. The van der Waals surface area contributed by atoms with Crippen LogP contribution in [-0.4, -0.2) is 15.5 Å². The van der Waals surface area contributed by atoms with Crippen molar-refractivity contribution in [3.8, 4) is 10.4 Å². The minimum absolute atomic E-state index is 0.211. The number of carbonyl (C=O) groups excluding carboxylic acids is 1. The molecule has 1 amide bonds. The van der Waals surface area contributed by atoms with E-state index in [2.05, 4.69) is 10.3 Å². The van der Waals surface area contributed by atoms with E-state index in [9.17, 15) is 9.59 Å². The van der Waals surface area contributed by atoms with Gasteiger partial charge in [0.25, 0.3) is 5.56 Å². The zero-order valence-electron chi connectivity index (χ0n) is 16.5. The Morgan fingerprint density at radius 2 is 1.86 bits per heavy atom. The minimum atomic E-state index is -0.681. The van der Waals surface area contributed by atoms with E-state index in [1.165, 1.54) is 22.2 Å². The summed E-state index contributed by atoms with van der Waals surface area (Å²) >= 11 is 1.47. The number of hydrogen-bond acceptors (Lipinski definition) is 4. The first-order chi connectivity index (χ1) is 13.9. The van der Waals surface area contributed by atoms with Crippen molar-refractivity contribution in [3.63, 3.8) is 0 Å². The molecule has 4 aromatic rings. The fourth-order valence-electron chi connectivity index (χ4n) is 3.19. The number of benzene rings is 2. The maximum atomic E-state index is 13.0. The summed E-state index contributed by atoms with van der Waals surface area (Å²) in [7, 11) is 0. The van der Waals surface area contributed by atoms with Gasteiger partial charge < -0.3 is 5.32 Å². The van der Waals surface area contributed by atoms with Crippen LogP contribution in [0.4, 0.5) is 5.69 Å². The molecule has 0 unspecified atom stereocenters. The lowest BCUT2D eigenvalue weighted by Crippen LogP contribution is -2.31. The normalized spacial score (nSPS) is 12.1. The molecule has 29 heavy (non-hydrogen) atoms. The van der Waals surface area contributed by atoms with E-state index in [0.29, 0.717) is 10.2 Å². The zero-order chi connectivity index (χ0) is 20.5. The number of aromatic nitrogens is 2. The molecule has 5 nitrogen and oxygen atoms in total. The van der Waals surface area contributed by atoms with Gasteiger partial charge in [-0.2, -0.15) is 0 Å². The standard InChI is InChI=1S/C23H21N3O2S/c1-14-9-10-15(2)19(11-14)25-21(27)16(3)26-13-24-22-18(23(26)28)12-20(29-22)17-7-5-4-6-8-17/h4-13,16H,1-3H3,(H,25,27)/t16-/m0/s1. The van der Waals surface area contributed by atoms with E-state index >= 15 is 0 Å². The molecule has 6 heteroatoms. The van der Waals surface area contributed by atoms with Crippen LogP contribution in [0, 0.1) is 13.8 Å². The van der Waals surface area contributed by atoms with E-state index in [-0.39, 0.29) is 11.5 Å². The van der Waals surface area contributed by atoms with Gasteiger partial charge in [0.05, 0.1) is 11.7 Å². The molecule has 0 aliphatic carbocycles. The van der Waals surface area contributed by atoms with Gasteiger partial charge in [0, 0.05) is 10.6 Å². The lowest BCUT2D eigenvalue weighted by molar-refractivity contribution is -0.118. The van der Waals surface area contributed by atoms with Crippen molar-refractivity contribution in [2.75, 3.05) is 5.32 Å². The molecule has 4 rings (SSSR count). The number of amides is 1. The lowest BCUT2D eigenvalue weighted by Gasteiger charge is -2.16. The van der Waals surface area contributed by atoms with Crippen molar-refractivity contribution in [1.29, 1.82) is 0 Å². The van der Waals surface area contributed by atoms with Gasteiger partial charge in [0.1, 0.15) is 10.9 Å². The topological polar surface area (TPSA) is 64.0 Å². The summed E-state index contributed by atoms with van der Waals surface area (Å²) in [6.45, 7) is 5.62. The highest BCUT2D eigenvalue weighted by atomic mass is 32.1. The summed E-state index contributed by atoms with van der Waals surface area (Å²) in [5.74, 6) is -0.250. The van der Waals surface area contributed by atoms with Crippen LogP contribution in [-0.2, 0) is 4.79 Å². The van der Waals surface area contributed by atoms with Crippen LogP contribution in [0.1, 0.15) is 24.1 Å². The average Bonchev–Trinajstić information content (AvgIpc) is 3.16. The molecule has 0 saturated heterocycles. The number of aryl methyl sites for hydroxylation is 2. The largest absolute Gasteiger partial charge is 0.324 e. The van der Waals surface area contributed by atoms with Crippen LogP contribution in [0.5, 0.6) is 0 Å². The first-order valence-electron chi connectivity index (χ1n) is 9.38. The summed E-state index contributed by atoms with van der Waals surface area (Å²) in [6, 6.07) is 17.0. The third-order valence-corrected chi connectivity index (χ3v) is 6.07. The highest BCUT2D eigenvalue weighted by molar-refractivity contribution is 7.21. The molecule has 0 aliphatic rings. The van der Waals surface area contributed by atoms with Crippen LogP contribution < -0.4 is 10.9 Å². The number of thiophene rings is 1. The Bertz CT molecular complexity index is 1260. The lowest BCUT2D eigenvalue weighted by atomic mass is 10.1. The highest BCUT2D eigenvalue weighted by Gasteiger charge is 2.19. The number of hydrogen-bond donors (Lipinski definition) is 1. The molecule has 0 bridgehead atoms. The Kier molecular flexibility index (Phi) is 5.03. The van der Waals surface area contributed by atoms with Crippen LogP contribution >= 0.6 is 11.3 Å². The smallest absolute Gasteiger partial charge is 0.262 e. The maximum absolute atomic E-state index is 13.0. The molecule has 2 aromatic carbocycles. The molecule has 0 spiro atoms. The van der Waals surface area contributed by atoms with E-state index in [1.807, 2.05) is 68.4 Å². The number of anilines is 1. The summed E-state index contributed by atoms with van der Waals surface area (Å²) in [6.07, 6.45) is 1.46. The van der Waals surface area contributed by atoms with Gasteiger partial charge in [-0.25, -0.2) is 4.98 Å². The fraction of sp³-hybridized carbons (Fsp3) is 0.174. The van der Waals surface area contributed by atoms with Crippen molar-refractivity contribution in [3.05, 3.63) is 82.4 Å². The van der Waals surface area contributed by atoms with Gasteiger partial charge >= 0.3 is 0 Å². The van der Waals surface area contributed by atoms with E-state index in [4.69, 9.17) is 0 Å². The highest BCUT2D eigenvalue weighted by Crippen LogP contribution is 2.30. The van der Waals surface area contributed by atoms with E-state index < -0.39 is 6.04 Å². The van der Waals surface area contributed by atoms with Crippen LogP contribution in [0.3, 0.4) is 0 Å². The Hall–Kier alpha value is -3.25. The number of nitrogens with one attached hydrogen (secondary N) is 1. The van der Waals surface area contributed by atoms with Gasteiger partial charge in [0.15, 0.2) is 0 Å². The first-order valence-corrected chi connectivity index (χ1v) is 10.2. The number of nitrogens with zero attached hydrogens (tertiary/aromatic N) is 2. The number of carbonyl (C=O) groups is 1. The summed E-state index contributed by atoms with van der Waals surface area (Å²) in [4.78, 5) is 31.9. The third kappa shape index (κ3) is 3.71. The van der Waals surface area contributed by atoms with Crippen LogP contribution in [0.2, 0.25) is 0 Å². The van der Waals surface area contributed by atoms with Crippen LogP contribution in [0.25, 0.3) is 20.7 Å². The molecule has 1 N–H and O–H groups in total. The predicted molar refractivity (Wildman–Crippen MR) is 119 cm³/mol. The molecule has 0 fully saturated rings. The molecule has 2 heterocycles. The van der Waals surface area contributed by atoms with Crippen molar-refractivity contribution in [2.24, 2.45) is 0 Å². The van der Waals surface area contributed by atoms with Crippen molar-refractivity contribution in [2.45, 2.75) is 26.8 Å². The van der Waals surface area contributed by atoms with Crippen molar-refractivity contribution in [1.82, 2.24) is 9.55 Å². The van der Waals surface area contributed by atoms with Gasteiger partial charge in [-0.3, -0.25) is 14.2 Å². The second-order valence-electron chi connectivity index (χ2n) is 7.14. The van der Waals surface area contributed by atoms with Gasteiger partial charge in [-0.15, -0.1) is 11.3 Å². The molecular formula is C23H21N3O2S. The summed E-state index contributed by atoms with van der Waals surface area (Å²) in [5, 5.41) is 3.46. The second-order valence-corrected chi connectivity index (χ2v) is 8.17. The zero-order valence-corrected chi connectivity index (χ0v) is 17.3. The fourth-order valence-corrected chi connectivity index (χ4v) is 4.19. The van der Waals surface area contributed by atoms with Gasteiger partial charge in [-0.1, -0.05) is 42.5 Å². The Morgan fingerprint density at radius 1 is 1.10 bits per heavy atom. The Balaban J connectivity index is 1.66. The SMILES string of the molecule is Cc1ccc(C)c(NC(=O)[C@H](C)n2cnc3sc(-c4ccccc4)cc3c2=O)c1. The van der Waals surface area contributed by atoms with E-state index in [1.54, 1.807) is 6.92 Å². The molecule has 146 valence electrons. The minimum Gasteiger partial charge on any atom is -0.324 e. The summed E-state index contributed by atoms with van der Waals surface area (Å²) < 4.78 is 1.39. The molecule has 0 aliphatic heterocycles. The molecule has 0 radical (unpaired) electrons. The third-order valence-electron chi connectivity index (χ3n) is 4.98. The number of rotatable bonds is 4. The van der Waals surface area contributed by atoms with Gasteiger partial charge in [-0.05, 0) is 49.6 Å². The maximum Gasteiger partial charge on any atom is 0.262 e. The quantitative estimate of drug-likeness (QED) is 0.525. The predicted octanol–water partition coefficient (Wildman–Crippen LogP) is 4.94. The number of fused-ring (bicyclic) bond motifs is 1. The van der Waals surface area contributed by atoms with Crippen molar-refractivity contribution < 1.29 is 4.79 Å². The molecule has 1 atom stereocenters. The second kappa shape index (κ2) is 7.64. The average molecular weight is 404 g/mol. The van der Waals surface area contributed by atoms with Gasteiger partial charge in [0.2, 0.25) is 5.91 Å².